The van der Waals surface area contributed by atoms with Gasteiger partial charge in [-0.25, -0.2) is 9.97 Å². The summed E-state index contributed by atoms with van der Waals surface area (Å²) in [7, 11) is 1.70. The summed E-state index contributed by atoms with van der Waals surface area (Å²) in [5, 5.41) is 12.2. The molecule has 0 aliphatic rings. The number of benzene rings is 1. The highest BCUT2D eigenvalue weighted by Crippen LogP contribution is 2.28. The standard InChI is InChI=1S/C25H26N6O/c1-15-14-32-24-6-5-19(9-21(15)24)23-11-25(31-17(3)30-23)29-16(2)18-7-8-28-22(10-18)20(12-26)13-27-4/h5-14,16,20,26H,1-4H3,(H,29,30,31). The molecule has 2 N–H and O–H groups in total. The van der Waals surface area contributed by atoms with E-state index in [1.165, 1.54) is 6.21 Å². The highest BCUT2D eigenvalue weighted by atomic mass is 16.3. The molecule has 0 fully saturated rings. The Morgan fingerprint density at radius 2 is 1.97 bits per heavy atom. The Morgan fingerprint density at radius 3 is 2.75 bits per heavy atom. The summed E-state index contributed by atoms with van der Waals surface area (Å²) in [5.74, 6) is 1.21. The van der Waals surface area contributed by atoms with Crippen molar-refractivity contribution < 1.29 is 4.42 Å². The number of fused-ring (bicyclic) bond motifs is 1. The third-order valence-electron chi connectivity index (χ3n) is 5.40. The molecule has 0 amide bonds. The Bertz CT molecular complexity index is 1290. The van der Waals surface area contributed by atoms with Gasteiger partial charge in [-0.3, -0.25) is 9.98 Å². The molecule has 0 radical (unpaired) electrons. The number of rotatable bonds is 7. The van der Waals surface area contributed by atoms with Crippen LogP contribution in [-0.2, 0) is 0 Å². The minimum atomic E-state index is -0.235. The van der Waals surface area contributed by atoms with Gasteiger partial charge in [0.15, 0.2) is 0 Å². The van der Waals surface area contributed by atoms with E-state index >= 15 is 0 Å². The number of hydrogen-bond acceptors (Lipinski definition) is 7. The SMILES string of the molecule is CN=CC(C=N)c1cc(C(C)Nc2cc(-c3ccc4occ(C)c4c3)nc(C)n2)ccn1. The smallest absolute Gasteiger partial charge is 0.134 e. The van der Waals surface area contributed by atoms with E-state index in [0.29, 0.717) is 5.82 Å². The second kappa shape index (κ2) is 9.09. The van der Waals surface area contributed by atoms with Gasteiger partial charge in [0.2, 0.25) is 0 Å². The highest BCUT2D eigenvalue weighted by molar-refractivity contribution is 5.88. The summed E-state index contributed by atoms with van der Waals surface area (Å²) < 4.78 is 5.57. The van der Waals surface area contributed by atoms with Gasteiger partial charge in [0.1, 0.15) is 17.2 Å². The van der Waals surface area contributed by atoms with E-state index in [2.05, 4.69) is 38.3 Å². The van der Waals surface area contributed by atoms with Gasteiger partial charge in [-0.05, 0) is 62.2 Å². The third kappa shape index (κ3) is 4.42. The number of aromatic nitrogens is 3. The van der Waals surface area contributed by atoms with Crippen LogP contribution in [0.25, 0.3) is 22.2 Å². The normalized spacial score (nSPS) is 13.4. The minimum absolute atomic E-state index is 0.0116. The lowest BCUT2D eigenvalue weighted by atomic mass is 10.0. The monoisotopic (exact) mass is 426 g/mol. The maximum atomic E-state index is 7.65. The number of aryl methyl sites for hydroxylation is 2. The molecule has 2 atom stereocenters. The van der Waals surface area contributed by atoms with E-state index in [1.54, 1.807) is 25.7 Å². The van der Waals surface area contributed by atoms with Gasteiger partial charge < -0.3 is 15.1 Å². The molecule has 0 spiro atoms. The number of nitrogens with zero attached hydrogens (tertiary/aromatic N) is 4. The zero-order valence-corrected chi connectivity index (χ0v) is 18.6. The van der Waals surface area contributed by atoms with Crippen molar-refractivity contribution in [1.29, 1.82) is 5.41 Å². The average molecular weight is 427 g/mol. The van der Waals surface area contributed by atoms with E-state index in [-0.39, 0.29) is 12.0 Å². The number of furan rings is 1. The first kappa shape index (κ1) is 21.4. The fourth-order valence-corrected chi connectivity index (χ4v) is 3.69. The Labute approximate surface area is 187 Å². The van der Waals surface area contributed by atoms with E-state index in [4.69, 9.17) is 9.83 Å². The Kier molecular flexibility index (Phi) is 6.07. The molecule has 2 unspecified atom stereocenters. The van der Waals surface area contributed by atoms with Crippen molar-refractivity contribution >= 4 is 29.2 Å². The first-order valence-electron chi connectivity index (χ1n) is 10.5. The van der Waals surface area contributed by atoms with Crippen molar-refractivity contribution in [3.63, 3.8) is 0 Å². The van der Waals surface area contributed by atoms with Gasteiger partial charge in [0, 0.05) is 42.7 Å². The molecule has 162 valence electrons. The molecule has 0 aliphatic carbocycles. The van der Waals surface area contributed by atoms with Crippen LogP contribution < -0.4 is 5.32 Å². The van der Waals surface area contributed by atoms with Gasteiger partial charge in [0.05, 0.1) is 29.6 Å². The molecule has 3 heterocycles. The van der Waals surface area contributed by atoms with Gasteiger partial charge in [-0.15, -0.1) is 0 Å². The summed E-state index contributed by atoms with van der Waals surface area (Å²) in [5.41, 5.74) is 5.69. The fraction of sp³-hybridized carbons (Fsp3) is 0.240. The van der Waals surface area contributed by atoms with E-state index in [9.17, 15) is 0 Å². The van der Waals surface area contributed by atoms with Gasteiger partial charge in [-0.2, -0.15) is 0 Å². The zero-order valence-electron chi connectivity index (χ0n) is 18.6. The van der Waals surface area contributed by atoms with Crippen LogP contribution in [0, 0.1) is 19.3 Å². The van der Waals surface area contributed by atoms with Crippen molar-refractivity contribution in [2.24, 2.45) is 4.99 Å². The predicted molar refractivity (Wildman–Crippen MR) is 129 cm³/mol. The molecule has 32 heavy (non-hydrogen) atoms. The summed E-state index contributed by atoms with van der Waals surface area (Å²) in [6, 6.07) is 12.0. The molecular weight excluding hydrogens is 400 g/mol. The van der Waals surface area contributed by atoms with Crippen LogP contribution in [0.4, 0.5) is 5.82 Å². The molecule has 4 aromatic rings. The molecule has 0 bridgehead atoms. The third-order valence-corrected chi connectivity index (χ3v) is 5.40. The number of anilines is 1. The maximum absolute atomic E-state index is 7.65. The number of aliphatic imine (C=N–C) groups is 1. The van der Waals surface area contributed by atoms with Crippen LogP contribution in [0.2, 0.25) is 0 Å². The van der Waals surface area contributed by atoms with Crippen molar-refractivity contribution in [2.75, 3.05) is 12.4 Å². The van der Waals surface area contributed by atoms with E-state index in [1.807, 2.05) is 44.2 Å². The van der Waals surface area contributed by atoms with E-state index in [0.717, 1.165) is 44.9 Å². The van der Waals surface area contributed by atoms with E-state index < -0.39 is 0 Å². The summed E-state index contributed by atoms with van der Waals surface area (Å²) in [6.07, 6.45) is 6.60. The molecule has 7 nitrogen and oxygen atoms in total. The van der Waals surface area contributed by atoms with Crippen LogP contribution in [0.5, 0.6) is 0 Å². The number of pyridine rings is 1. The minimum Gasteiger partial charge on any atom is -0.464 e. The fourth-order valence-electron chi connectivity index (χ4n) is 3.69. The zero-order chi connectivity index (χ0) is 22.7. The Morgan fingerprint density at radius 1 is 1.12 bits per heavy atom. The first-order valence-corrected chi connectivity index (χ1v) is 10.5. The molecule has 0 aliphatic heterocycles. The summed E-state index contributed by atoms with van der Waals surface area (Å²) in [4.78, 5) is 17.7. The number of nitrogens with one attached hydrogen (secondary N) is 2. The largest absolute Gasteiger partial charge is 0.464 e. The second-order valence-corrected chi connectivity index (χ2v) is 7.80. The molecule has 4 rings (SSSR count). The Balaban J connectivity index is 1.61. The maximum Gasteiger partial charge on any atom is 0.134 e. The molecular formula is C25H26N6O. The van der Waals surface area contributed by atoms with Crippen molar-refractivity contribution in [2.45, 2.75) is 32.7 Å². The van der Waals surface area contributed by atoms with Gasteiger partial charge >= 0.3 is 0 Å². The second-order valence-electron chi connectivity index (χ2n) is 7.80. The van der Waals surface area contributed by atoms with Gasteiger partial charge in [-0.1, -0.05) is 0 Å². The van der Waals surface area contributed by atoms with Crippen molar-refractivity contribution in [3.05, 3.63) is 71.5 Å². The van der Waals surface area contributed by atoms with Crippen molar-refractivity contribution in [1.82, 2.24) is 15.0 Å². The van der Waals surface area contributed by atoms with Crippen molar-refractivity contribution in [3.8, 4) is 11.3 Å². The number of hydrogen-bond donors (Lipinski definition) is 2. The van der Waals surface area contributed by atoms with Crippen LogP contribution in [0.1, 0.15) is 41.5 Å². The molecule has 7 heteroatoms. The molecule has 3 aromatic heterocycles. The highest BCUT2D eigenvalue weighted by Gasteiger charge is 2.13. The summed E-state index contributed by atoms with van der Waals surface area (Å²) in [6.45, 7) is 6.00. The lowest BCUT2D eigenvalue weighted by Gasteiger charge is -2.17. The van der Waals surface area contributed by atoms with Gasteiger partial charge in [0.25, 0.3) is 0 Å². The lowest BCUT2D eigenvalue weighted by Crippen LogP contribution is -2.11. The molecule has 0 saturated carbocycles. The molecule has 1 aromatic carbocycles. The average Bonchev–Trinajstić information content (AvgIpc) is 3.17. The Hall–Kier alpha value is -3.87. The molecule has 0 saturated heterocycles. The quantitative estimate of drug-likeness (QED) is 0.380. The van der Waals surface area contributed by atoms with Crippen LogP contribution in [-0.4, -0.2) is 34.4 Å². The van der Waals surface area contributed by atoms with Crippen LogP contribution in [0.3, 0.4) is 0 Å². The summed E-state index contributed by atoms with van der Waals surface area (Å²) >= 11 is 0. The predicted octanol–water partition coefficient (Wildman–Crippen LogP) is 5.51. The topological polar surface area (TPSA) is 100 Å². The van der Waals surface area contributed by atoms with Crippen LogP contribution in [0.15, 0.2) is 58.3 Å². The first-order chi connectivity index (χ1) is 15.5. The van der Waals surface area contributed by atoms with Crippen LogP contribution >= 0.6 is 0 Å². The lowest BCUT2D eigenvalue weighted by molar-refractivity contribution is 0.613.